The quantitative estimate of drug-likeness (QED) is 0.712. The summed E-state index contributed by atoms with van der Waals surface area (Å²) in [5, 5.41) is 4.22. The van der Waals surface area contributed by atoms with Crippen molar-refractivity contribution in [3.8, 4) is 5.75 Å². The molecule has 2 aromatic rings. The summed E-state index contributed by atoms with van der Waals surface area (Å²) >= 11 is 0. The molecule has 0 aliphatic carbocycles. The number of likely N-dealkylation sites (tertiary alicyclic amines) is 2. The van der Waals surface area contributed by atoms with Crippen LogP contribution in [0.15, 0.2) is 36.5 Å². The summed E-state index contributed by atoms with van der Waals surface area (Å²) in [6, 6.07) is 9.32. The van der Waals surface area contributed by atoms with Crippen LogP contribution in [-0.4, -0.2) is 64.2 Å². The van der Waals surface area contributed by atoms with Crippen molar-refractivity contribution in [1.29, 1.82) is 0 Å². The summed E-state index contributed by atoms with van der Waals surface area (Å²) in [4.78, 5) is 29.8. The van der Waals surface area contributed by atoms with E-state index in [0.29, 0.717) is 36.7 Å². The topological polar surface area (TPSA) is 67.7 Å². The minimum Gasteiger partial charge on any atom is -0.492 e. The third kappa shape index (κ3) is 4.92. The molecular weight excluding hydrogens is 392 g/mol. The molecule has 7 nitrogen and oxygen atoms in total. The van der Waals surface area contributed by atoms with Gasteiger partial charge in [0.1, 0.15) is 11.4 Å². The molecule has 4 rings (SSSR count). The summed E-state index contributed by atoms with van der Waals surface area (Å²) in [5.74, 6) is 0.979. The molecule has 3 heterocycles. The average Bonchev–Trinajstić information content (AvgIpc) is 3.32. The molecule has 1 aromatic carbocycles. The normalized spacial score (nSPS) is 19.3. The van der Waals surface area contributed by atoms with E-state index in [1.807, 2.05) is 41.0 Å². The SMILES string of the molecule is CCn1nccc1C(=O)N1CCCC(COc2ccccc2C(=O)N2CCCCC2)C1. The number of ether oxygens (including phenoxy) is 1. The van der Waals surface area contributed by atoms with Gasteiger partial charge in [-0.3, -0.25) is 14.3 Å². The fourth-order valence-electron chi connectivity index (χ4n) is 4.56. The lowest BCUT2D eigenvalue weighted by Gasteiger charge is -2.33. The van der Waals surface area contributed by atoms with Crippen LogP contribution in [0.25, 0.3) is 0 Å². The molecule has 0 saturated carbocycles. The van der Waals surface area contributed by atoms with Gasteiger partial charge in [-0.15, -0.1) is 0 Å². The largest absolute Gasteiger partial charge is 0.492 e. The second-order valence-electron chi connectivity index (χ2n) is 8.45. The van der Waals surface area contributed by atoms with Crippen molar-refractivity contribution in [3.05, 3.63) is 47.8 Å². The molecule has 2 amide bonds. The lowest BCUT2D eigenvalue weighted by molar-refractivity contribution is 0.0619. The molecule has 0 bridgehead atoms. The number of aromatic nitrogens is 2. The molecule has 0 N–H and O–H groups in total. The fourth-order valence-corrected chi connectivity index (χ4v) is 4.56. The van der Waals surface area contributed by atoms with E-state index < -0.39 is 0 Å². The molecule has 2 fully saturated rings. The molecule has 2 saturated heterocycles. The number of hydrogen-bond acceptors (Lipinski definition) is 4. The molecular formula is C24H32N4O3. The van der Waals surface area contributed by atoms with Crippen LogP contribution in [0.5, 0.6) is 5.75 Å². The maximum absolute atomic E-state index is 13.0. The Hall–Kier alpha value is -2.83. The van der Waals surface area contributed by atoms with E-state index in [1.165, 1.54) is 6.42 Å². The Kier molecular flexibility index (Phi) is 6.89. The van der Waals surface area contributed by atoms with Gasteiger partial charge < -0.3 is 14.5 Å². The predicted molar refractivity (Wildman–Crippen MR) is 118 cm³/mol. The Morgan fingerprint density at radius 2 is 1.77 bits per heavy atom. The third-order valence-electron chi connectivity index (χ3n) is 6.28. The molecule has 2 aliphatic heterocycles. The van der Waals surface area contributed by atoms with Crippen molar-refractivity contribution in [2.75, 3.05) is 32.8 Å². The Morgan fingerprint density at radius 1 is 1.00 bits per heavy atom. The van der Waals surface area contributed by atoms with Gasteiger partial charge in [0.25, 0.3) is 11.8 Å². The van der Waals surface area contributed by atoms with Crippen LogP contribution in [0.1, 0.15) is 59.9 Å². The van der Waals surface area contributed by atoms with Crippen molar-refractivity contribution >= 4 is 11.8 Å². The highest BCUT2D eigenvalue weighted by molar-refractivity contribution is 5.97. The molecule has 0 radical (unpaired) electrons. The molecule has 2 aliphatic rings. The molecule has 1 unspecified atom stereocenters. The summed E-state index contributed by atoms with van der Waals surface area (Å²) in [6.45, 7) is 6.23. The number of hydrogen-bond donors (Lipinski definition) is 0. The lowest BCUT2D eigenvalue weighted by atomic mass is 9.98. The van der Waals surface area contributed by atoms with Gasteiger partial charge in [-0.2, -0.15) is 5.10 Å². The Bertz CT molecular complexity index is 904. The van der Waals surface area contributed by atoms with E-state index in [2.05, 4.69) is 5.10 Å². The van der Waals surface area contributed by atoms with Crippen molar-refractivity contribution in [1.82, 2.24) is 19.6 Å². The van der Waals surface area contributed by atoms with Gasteiger partial charge in [-0.1, -0.05) is 12.1 Å². The van der Waals surface area contributed by atoms with Gasteiger partial charge in [0, 0.05) is 44.8 Å². The zero-order chi connectivity index (χ0) is 21.6. The number of aryl methyl sites for hydroxylation is 1. The number of piperidine rings is 2. The van der Waals surface area contributed by atoms with E-state index in [0.717, 1.165) is 45.3 Å². The molecule has 7 heteroatoms. The number of carbonyl (C=O) groups is 2. The number of nitrogens with zero attached hydrogens (tertiary/aromatic N) is 4. The van der Waals surface area contributed by atoms with Crippen LogP contribution in [0.3, 0.4) is 0 Å². The second-order valence-corrected chi connectivity index (χ2v) is 8.45. The van der Waals surface area contributed by atoms with E-state index in [9.17, 15) is 9.59 Å². The third-order valence-corrected chi connectivity index (χ3v) is 6.28. The zero-order valence-electron chi connectivity index (χ0n) is 18.3. The maximum atomic E-state index is 13.0. The monoisotopic (exact) mass is 424 g/mol. The van der Waals surface area contributed by atoms with Crippen LogP contribution < -0.4 is 4.74 Å². The van der Waals surface area contributed by atoms with Gasteiger partial charge in [0.15, 0.2) is 0 Å². The summed E-state index contributed by atoms with van der Waals surface area (Å²) < 4.78 is 7.89. The molecule has 1 aromatic heterocycles. The van der Waals surface area contributed by atoms with Crippen LogP contribution >= 0.6 is 0 Å². The fraction of sp³-hybridized carbons (Fsp3) is 0.542. The first-order valence-electron chi connectivity index (χ1n) is 11.5. The number of carbonyl (C=O) groups excluding carboxylic acids is 2. The highest BCUT2D eigenvalue weighted by Gasteiger charge is 2.27. The van der Waals surface area contributed by atoms with E-state index in [1.54, 1.807) is 16.9 Å². The summed E-state index contributed by atoms with van der Waals surface area (Å²) in [5.41, 5.74) is 1.28. The summed E-state index contributed by atoms with van der Waals surface area (Å²) in [6.07, 6.45) is 6.97. The van der Waals surface area contributed by atoms with Crippen LogP contribution in [0.4, 0.5) is 0 Å². The average molecular weight is 425 g/mol. The van der Waals surface area contributed by atoms with E-state index >= 15 is 0 Å². The van der Waals surface area contributed by atoms with Gasteiger partial charge in [-0.05, 0) is 57.2 Å². The van der Waals surface area contributed by atoms with Gasteiger partial charge in [0.2, 0.25) is 0 Å². The van der Waals surface area contributed by atoms with Crippen molar-refractivity contribution in [3.63, 3.8) is 0 Å². The molecule has 166 valence electrons. The highest BCUT2D eigenvalue weighted by atomic mass is 16.5. The maximum Gasteiger partial charge on any atom is 0.272 e. The zero-order valence-corrected chi connectivity index (χ0v) is 18.3. The Morgan fingerprint density at radius 3 is 2.58 bits per heavy atom. The number of rotatable bonds is 6. The van der Waals surface area contributed by atoms with Crippen LogP contribution in [0.2, 0.25) is 0 Å². The van der Waals surface area contributed by atoms with Crippen LogP contribution in [0, 0.1) is 5.92 Å². The van der Waals surface area contributed by atoms with E-state index in [4.69, 9.17) is 4.74 Å². The smallest absolute Gasteiger partial charge is 0.272 e. The first-order chi connectivity index (χ1) is 15.2. The van der Waals surface area contributed by atoms with Crippen molar-refractivity contribution in [2.45, 2.75) is 45.6 Å². The summed E-state index contributed by atoms with van der Waals surface area (Å²) in [7, 11) is 0. The first-order valence-corrected chi connectivity index (χ1v) is 11.5. The Balaban J connectivity index is 1.38. The number of para-hydroxylation sites is 1. The highest BCUT2D eigenvalue weighted by Crippen LogP contribution is 2.25. The lowest BCUT2D eigenvalue weighted by Crippen LogP contribution is -2.42. The van der Waals surface area contributed by atoms with Gasteiger partial charge in [0.05, 0.1) is 12.2 Å². The van der Waals surface area contributed by atoms with Crippen LogP contribution in [-0.2, 0) is 6.54 Å². The predicted octanol–water partition coefficient (Wildman–Crippen LogP) is 3.46. The number of benzene rings is 1. The minimum atomic E-state index is 0.0322. The minimum absolute atomic E-state index is 0.0322. The van der Waals surface area contributed by atoms with Crippen molar-refractivity contribution in [2.24, 2.45) is 5.92 Å². The van der Waals surface area contributed by atoms with E-state index in [-0.39, 0.29) is 17.7 Å². The standard InChI is InChI=1S/C24H32N4O3/c1-2-28-21(12-13-25-28)24(30)27-16-8-9-19(17-27)18-31-22-11-5-4-10-20(22)23(29)26-14-6-3-7-15-26/h4-5,10-13,19H,2-3,6-9,14-18H2,1H3. The first kappa shape index (κ1) is 21.4. The van der Waals surface area contributed by atoms with Crippen molar-refractivity contribution < 1.29 is 14.3 Å². The molecule has 1 atom stereocenters. The molecule has 31 heavy (non-hydrogen) atoms. The number of amides is 2. The van der Waals surface area contributed by atoms with Gasteiger partial charge >= 0.3 is 0 Å². The molecule has 0 spiro atoms. The Labute approximate surface area is 184 Å². The second kappa shape index (κ2) is 9.98. The van der Waals surface area contributed by atoms with Gasteiger partial charge in [-0.25, -0.2) is 0 Å².